The van der Waals surface area contributed by atoms with Gasteiger partial charge in [-0.15, -0.1) is 0 Å². The molecule has 1 saturated heterocycles. The number of nitrogens with zero attached hydrogens (tertiary/aromatic N) is 2. The summed E-state index contributed by atoms with van der Waals surface area (Å²) < 4.78 is 6.10. The van der Waals surface area contributed by atoms with Gasteiger partial charge in [0, 0.05) is 32.7 Å². The Morgan fingerprint density at radius 1 is 0.958 bits per heavy atom. The standard InChI is InChI=1S/C20H27N3O/c1-3-9-19-17(7-1)23(18-8-2-4-10-20(18)24-19)14-6-5-13-22-15-11-21-12-16-22/h1,3,7-10,21H,2,4-6,11-16H2. The lowest BCUT2D eigenvalue weighted by atomic mass is 10.1. The molecule has 4 heteroatoms. The fourth-order valence-electron chi connectivity index (χ4n) is 3.77. The Bertz CT molecular complexity index is 632. The van der Waals surface area contributed by atoms with E-state index >= 15 is 0 Å². The predicted molar refractivity (Wildman–Crippen MR) is 98.4 cm³/mol. The number of piperazine rings is 1. The summed E-state index contributed by atoms with van der Waals surface area (Å²) in [5.41, 5.74) is 2.48. The van der Waals surface area contributed by atoms with Gasteiger partial charge in [-0.1, -0.05) is 18.2 Å². The van der Waals surface area contributed by atoms with Crippen LogP contribution in [-0.4, -0.2) is 44.2 Å². The number of anilines is 1. The van der Waals surface area contributed by atoms with Gasteiger partial charge >= 0.3 is 0 Å². The van der Waals surface area contributed by atoms with Crippen LogP contribution < -0.4 is 15.0 Å². The minimum absolute atomic E-state index is 0.991. The number of rotatable bonds is 5. The Morgan fingerprint density at radius 2 is 1.75 bits per heavy atom. The van der Waals surface area contributed by atoms with Crippen LogP contribution in [0.4, 0.5) is 5.69 Å². The smallest absolute Gasteiger partial charge is 0.151 e. The number of ether oxygens (including phenoxy) is 1. The normalized spacial score (nSPS) is 20.6. The average Bonchev–Trinajstić information content (AvgIpc) is 2.65. The number of nitrogens with one attached hydrogen (secondary N) is 1. The first-order valence-electron chi connectivity index (χ1n) is 9.30. The molecule has 1 N–H and O–H groups in total. The molecule has 4 nitrogen and oxygen atoms in total. The summed E-state index contributed by atoms with van der Waals surface area (Å²) in [6.45, 7) is 6.94. The van der Waals surface area contributed by atoms with E-state index in [1.807, 2.05) is 0 Å². The number of allylic oxidation sites excluding steroid dienone is 2. The molecule has 1 aromatic rings. The van der Waals surface area contributed by atoms with Crippen molar-refractivity contribution in [2.45, 2.75) is 25.7 Å². The summed E-state index contributed by atoms with van der Waals surface area (Å²) in [6.07, 6.45) is 9.23. The second kappa shape index (κ2) is 7.41. The third kappa shape index (κ3) is 3.35. The van der Waals surface area contributed by atoms with Gasteiger partial charge in [0.2, 0.25) is 0 Å². The fraction of sp³-hybridized carbons (Fsp3) is 0.500. The molecule has 0 aromatic heterocycles. The number of hydrogen-bond acceptors (Lipinski definition) is 4. The van der Waals surface area contributed by atoms with Crippen molar-refractivity contribution in [2.24, 2.45) is 0 Å². The monoisotopic (exact) mass is 325 g/mol. The number of benzene rings is 1. The molecule has 2 aliphatic heterocycles. The van der Waals surface area contributed by atoms with Gasteiger partial charge in [0.15, 0.2) is 5.75 Å². The lowest BCUT2D eigenvalue weighted by Gasteiger charge is -2.36. The molecular weight excluding hydrogens is 298 g/mol. The second-order valence-corrected chi connectivity index (χ2v) is 6.76. The largest absolute Gasteiger partial charge is 0.453 e. The van der Waals surface area contributed by atoms with Gasteiger partial charge < -0.3 is 19.9 Å². The number of unbranched alkanes of at least 4 members (excludes halogenated alkanes) is 1. The highest BCUT2D eigenvalue weighted by molar-refractivity contribution is 5.68. The molecule has 1 aliphatic carbocycles. The summed E-state index contributed by atoms with van der Waals surface area (Å²) >= 11 is 0. The van der Waals surface area contributed by atoms with Gasteiger partial charge in [0.25, 0.3) is 0 Å². The fourth-order valence-corrected chi connectivity index (χ4v) is 3.77. The van der Waals surface area contributed by atoms with E-state index in [1.54, 1.807) is 0 Å². The zero-order valence-electron chi connectivity index (χ0n) is 14.3. The molecule has 0 unspecified atom stereocenters. The number of fused-ring (bicyclic) bond motifs is 2. The first-order chi connectivity index (χ1) is 11.9. The Kier molecular flexibility index (Phi) is 4.86. The molecule has 128 valence electrons. The van der Waals surface area contributed by atoms with E-state index in [-0.39, 0.29) is 0 Å². The second-order valence-electron chi connectivity index (χ2n) is 6.76. The van der Waals surface area contributed by atoms with Gasteiger partial charge in [0.05, 0.1) is 11.4 Å². The molecule has 1 fully saturated rings. The van der Waals surface area contributed by atoms with Crippen molar-refractivity contribution in [3.63, 3.8) is 0 Å². The van der Waals surface area contributed by atoms with Crippen molar-refractivity contribution in [3.05, 3.63) is 47.9 Å². The van der Waals surface area contributed by atoms with Crippen molar-refractivity contribution in [3.8, 4) is 5.75 Å². The van der Waals surface area contributed by atoms with Gasteiger partial charge in [0.1, 0.15) is 5.76 Å². The molecule has 3 aliphatic rings. The summed E-state index contributed by atoms with van der Waals surface area (Å²) in [7, 11) is 0. The van der Waals surface area contributed by atoms with Crippen LogP contribution in [0.3, 0.4) is 0 Å². The molecule has 4 rings (SSSR count). The first-order valence-corrected chi connectivity index (χ1v) is 9.30. The number of para-hydroxylation sites is 2. The van der Waals surface area contributed by atoms with Crippen LogP contribution >= 0.6 is 0 Å². The maximum Gasteiger partial charge on any atom is 0.151 e. The number of hydrogen-bond donors (Lipinski definition) is 1. The SMILES string of the molecule is C1=C2Oc3ccccc3N(CCCCN3CCNCC3)C2=CCC1. The first kappa shape index (κ1) is 15.7. The Balaban J connectivity index is 1.40. The molecule has 1 aromatic carbocycles. The van der Waals surface area contributed by atoms with Crippen LogP contribution in [0.2, 0.25) is 0 Å². The van der Waals surface area contributed by atoms with Gasteiger partial charge in [-0.25, -0.2) is 0 Å². The van der Waals surface area contributed by atoms with Gasteiger partial charge in [-0.3, -0.25) is 0 Å². The van der Waals surface area contributed by atoms with Crippen LogP contribution in [0.25, 0.3) is 0 Å². The summed E-state index contributed by atoms with van der Waals surface area (Å²) in [4.78, 5) is 5.04. The zero-order chi connectivity index (χ0) is 16.2. The minimum Gasteiger partial charge on any atom is -0.453 e. The highest BCUT2D eigenvalue weighted by Gasteiger charge is 2.27. The lowest BCUT2D eigenvalue weighted by Crippen LogP contribution is -2.43. The van der Waals surface area contributed by atoms with E-state index in [2.05, 4.69) is 51.5 Å². The molecular formula is C20H27N3O. The van der Waals surface area contributed by atoms with Gasteiger partial charge in [-0.05, 0) is 50.4 Å². The molecule has 0 saturated carbocycles. The summed E-state index contributed by atoms with van der Waals surface area (Å²) in [6, 6.07) is 8.42. The van der Waals surface area contributed by atoms with E-state index in [0.717, 1.165) is 44.0 Å². The minimum atomic E-state index is 0.991. The van der Waals surface area contributed by atoms with Crippen LogP contribution in [0, 0.1) is 0 Å². The average molecular weight is 325 g/mol. The van der Waals surface area contributed by atoms with Crippen molar-refractivity contribution < 1.29 is 4.74 Å². The Morgan fingerprint density at radius 3 is 2.67 bits per heavy atom. The molecule has 24 heavy (non-hydrogen) atoms. The zero-order valence-corrected chi connectivity index (χ0v) is 14.3. The Hall–Kier alpha value is -1.78. The van der Waals surface area contributed by atoms with E-state index in [9.17, 15) is 0 Å². The van der Waals surface area contributed by atoms with Crippen molar-refractivity contribution >= 4 is 5.69 Å². The molecule has 0 amide bonds. The van der Waals surface area contributed by atoms with Gasteiger partial charge in [-0.2, -0.15) is 0 Å². The lowest BCUT2D eigenvalue weighted by molar-refractivity contribution is 0.237. The molecule has 0 atom stereocenters. The van der Waals surface area contributed by atoms with Crippen molar-refractivity contribution in [1.82, 2.24) is 10.2 Å². The van der Waals surface area contributed by atoms with Crippen LogP contribution in [0.5, 0.6) is 5.75 Å². The predicted octanol–water partition coefficient (Wildman–Crippen LogP) is 3.13. The molecule has 2 heterocycles. The Labute approximate surface area is 144 Å². The quantitative estimate of drug-likeness (QED) is 0.842. The summed E-state index contributed by atoms with van der Waals surface area (Å²) in [5, 5.41) is 3.42. The maximum atomic E-state index is 6.10. The van der Waals surface area contributed by atoms with Crippen LogP contribution in [-0.2, 0) is 0 Å². The molecule has 0 radical (unpaired) electrons. The van der Waals surface area contributed by atoms with Crippen molar-refractivity contribution in [2.75, 3.05) is 44.2 Å². The van der Waals surface area contributed by atoms with E-state index in [1.165, 1.54) is 43.9 Å². The van der Waals surface area contributed by atoms with Crippen molar-refractivity contribution in [1.29, 1.82) is 0 Å². The van der Waals surface area contributed by atoms with E-state index in [0.29, 0.717) is 0 Å². The van der Waals surface area contributed by atoms with Crippen LogP contribution in [0.1, 0.15) is 25.7 Å². The highest BCUT2D eigenvalue weighted by Crippen LogP contribution is 2.41. The molecule has 0 spiro atoms. The van der Waals surface area contributed by atoms with E-state index < -0.39 is 0 Å². The topological polar surface area (TPSA) is 27.7 Å². The molecule has 0 bridgehead atoms. The van der Waals surface area contributed by atoms with Crippen LogP contribution in [0.15, 0.2) is 47.9 Å². The third-order valence-electron chi connectivity index (χ3n) is 5.07. The summed E-state index contributed by atoms with van der Waals surface area (Å²) in [5.74, 6) is 2.03. The maximum absolute atomic E-state index is 6.10. The third-order valence-corrected chi connectivity index (χ3v) is 5.07. The highest BCUT2D eigenvalue weighted by atomic mass is 16.5. The van der Waals surface area contributed by atoms with E-state index in [4.69, 9.17) is 4.74 Å².